The van der Waals surface area contributed by atoms with E-state index in [1.165, 1.54) is 17.9 Å². The Kier molecular flexibility index (Phi) is 6.10. The highest BCUT2D eigenvalue weighted by atomic mass is 32.2. The van der Waals surface area contributed by atoms with Crippen LogP contribution in [0.1, 0.15) is 26.7 Å². The first-order valence-electron chi connectivity index (χ1n) is 5.69. The van der Waals surface area contributed by atoms with E-state index in [1.54, 1.807) is 0 Å². The standard InChI is InChI=1S/C11H21NO2S/c1-3-14-11(13)6-9(2)12-7-10-4-5-15-8-10/h9-10,12H,3-8H2,1-2H3. The number of rotatable bonds is 6. The van der Waals surface area contributed by atoms with Gasteiger partial charge in [-0.25, -0.2) is 0 Å². The Morgan fingerprint density at radius 1 is 1.67 bits per heavy atom. The number of hydrogen-bond donors (Lipinski definition) is 1. The van der Waals surface area contributed by atoms with Crippen molar-refractivity contribution < 1.29 is 9.53 Å². The number of esters is 1. The molecule has 0 amide bonds. The number of hydrogen-bond acceptors (Lipinski definition) is 4. The van der Waals surface area contributed by atoms with Gasteiger partial charge in [0.1, 0.15) is 0 Å². The van der Waals surface area contributed by atoms with Gasteiger partial charge in [0.05, 0.1) is 13.0 Å². The number of carbonyl (C=O) groups excluding carboxylic acids is 1. The van der Waals surface area contributed by atoms with E-state index < -0.39 is 0 Å². The fraction of sp³-hybridized carbons (Fsp3) is 0.909. The second kappa shape index (κ2) is 7.12. The van der Waals surface area contributed by atoms with Gasteiger partial charge in [-0.2, -0.15) is 11.8 Å². The molecule has 1 saturated heterocycles. The fourth-order valence-electron chi connectivity index (χ4n) is 1.65. The van der Waals surface area contributed by atoms with Crippen LogP contribution in [0, 0.1) is 5.92 Å². The van der Waals surface area contributed by atoms with Crippen LogP contribution in [0.4, 0.5) is 0 Å². The lowest BCUT2D eigenvalue weighted by Crippen LogP contribution is -2.33. The van der Waals surface area contributed by atoms with E-state index in [1.807, 2.05) is 25.6 Å². The third kappa shape index (κ3) is 5.42. The number of ether oxygens (including phenoxy) is 1. The highest BCUT2D eigenvalue weighted by Crippen LogP contribution is 2.22. The molecule has 1 N–H and O–H groups in total. The molecule has 1 aliphatic rings. The van der Waals surface area contributed by atoms with Crippen LogP contribution in [0.5, 0.6) is 0 Å². The van der Waals surface area contributed by atoms with E-state index in [0.717, 1.165) is 12.5 Å². The first-order chi connectivity index (χ1) is 7.22. The lowest BCUT2D eigenvalue weighted by Gasteiger charge is -2.15. The van der Waals surface area contributed by atoms with Gasteiger partial charge in [-0.15, -0.1) is 0 Å². The van der Waals surface area contributed by atoms with Gasteiger partial charge in [-0.3, -0.25) is 4.79 Å². The van der Waals surface area contributed by atoms with Gasteiger partial charge in [0.2, 0.25) is 0 Å². The molecule has 0 saturated carbocycles. The smallest absolute Gasteiger partial charge is 0.307 e. The summed E-state index contributed by atoms with van der Waals surface area (Å²) in [6.07, 6.45) is 1.79. The molecule has 0 aliphatic carbocycles. The predicted octanol–water partition coefficient (Wildman–Crippen LogP) is 1.67. The summed E-state index contributed by atoms with van der Waals surface area (Å²) in [4.78, 5) is 11.2. The van der Waals surface area contributed by atoms with Crippen LogP contribution in [0.25, 0.3) is 0 Å². The lowest BCUT2D eigenvalue weighted by atomic mass is 10.1. The molecule has 1 rings (SSSR count). The Bertz CT molecular complexity index is 193. The van der Waals surface area contributed by atoms with Gasteiger partial charge in [-0.1, -0.05) is 0 Å². The molecule has 0 aromatic heterocycles. The molecular weight excluding hydrogens is 210 g/mol. The quantitative estimate of drug-likeness (QED) is 0.706. The summed E-state index contributed by atoms with van der Waals surface area (Å²) in [6, 6.07) is 0.231. The highest BCUT2D eigenvalue weighted by molar-refractivity contribution is 7.99. The predicted molar refractivity (Wildman–Crippen MR) is 64.1 cm³/mol. The maximum absolute atomic E-state index is 11.2. The van der Waals surface area contributed by atoms with Gasteiger partial charge >= 0.3 is 5.97 Å². The zero-order valence-corrected chi connectivity index (χ0v) is 10.4. The van der Waals surface area contributed by atoms with Gasteiger partial charge < -0.3 is 10.1 Å². The third-order valence-corrected chi connectivity index (χ3v) is 3.79. The molecule has 15 heavy (non-hydrogen) atoms. The van der Waals surface area contributed by atoms with E-state index in [2.05, 4.69) is 5.32 Å². The van der Waals surface area contributed by atoms with E-state index in [0.29, 0.717) is 13.0 Å². The second-order valence-corrected chi connectivity index (χ2v) is 5.20. The normalized spacial score (nSPS) is 22.7. The molecule has 0 bridgehead atoms. The summed E-state index contributed by atoms with van der Waals surface area (Å²) in [5.74, 6) is 3.25. The minimum Gasteiger partial charge on any atom is -0.466 e. The minimum atomic E-state index is -0.0988. The van der Waals surface area contributed by atoms with Crippen LogP contribution in [0.3, 0.4) is 0 Å². The molecule has 1 fully saturated rings. The molecule has 88 valence electrons. The first-order valence-corrected chi connectivity index (χ1v) is 6.84. The molecule has 3 nitrogen and oxygen atoms in total. The fourth-order valence-corrected chi connectivity index (χ4v) is 2.94. The molecule has 1 heterocycles. The van der Waals surface area contributed by atoms with Crippen LogP contribution < -0.4 is 5.32 Å². The van der Waals surface area contributed by atoms with Crippen molar-refractivity contribution in [3.05, 3.63) is 0 Å². The first kappa shape index (κ1) is 12.8. The maximum Gasteiger partial charge on any atom is 0.307 e. The van der Waals surface area contributed by atoms with Crippen molar-refractivity contribution in [3.8, 4) is 0 Å². The Morgan fingerprint density at radius 3 is 3.07 bits per heavy atom. The summed E-state index contributed by atoms with van der Waals surface area (Å²) in [6.45, 7) is 5.39. The molecule has 0 radical (unpaired) electrons. The molecule has 0 spiro atoms. The minimum absolute atomic E-state index is 0.0988. The monoisotopic (exact) mass is 231 g/mol. The summed E-state index contributed by atoms with van der Waals surface area (Å²) < 4.78 is 4.90. The van der Waals surface area contributed by atoms with Crippen molar-refractivity contribution in [2.75, 3.05) is 24.7 Å². The van der Waals surface area contributed by atoms with Crippen molar-refractivity contribution in [1.29, 1.82) is 0 Å². The summed E-state index contributed by atoms with van der Waals surface area (Å²) in [7, 11) is 0. The number of carbonyl (C=O) groups is 1. The van der Waals surface area contributed by atoms with Crippen LogP contribution >= 0.6 is 11.8 Å². The van der Waals surface area contributed by atoms with Crippen molar-refractivity contribution in [1.82, 2.24) is 5.32 Å². The molecule has 1 aliphatic heterocycles. The SMILES string of the molecule is CCOC(=O)CC(C)NCC1CCSC1. The summed E-state index contributed by atoms with van der Waals surface area (Å²) in [5.41, 5.74) is 0. The number of nitrogens with one attached hydrogen (secondary N) is 1. The highest BCUT2D eigenvalue weighted by Gasteiger charge is 2.16. The Labute approximate surface area is 96.3 Å². The van der Waals surface area contributed by atoms with Gasteiger partial charge in [-0.05, 0) is 44.2 Å². The topological polar surface area (TPSA) is 38.3 Å². The van der Waals surface area contributed by atoms with E-state index >= 15 is 0 Å². The molecule has 0 aromatic carbocycles. The average molecular weight is 231 g/mol. The van der Waals surface area contributed by atoms with Gasteiger partial charge in [0.25, 0.3) is 0 Å². The van der Waals surface area contributed by atoms with Crippen LogP contribution in [-0.2, 0) is 9.53 Å². The Hall–Kier alpha value is -0.220. The summed E-state index contributed by atoms with van der Waals surface area (Å²) >= 11 is 2.02. The van der Waals surface area contributed by atoms with E-state index in [9.17, 15) is 4.79 Å². The Morgan fingerprint density at radius 2 is 2.47 bits per heavy atom. The zero-order chi connectivity index (χ0) is 11.1. The van der Waals surface area contributed by atoms with Crippen molar-refractivity contribution in [2.24, 2.45) is 5.92 Å². The largest absolute Gasteiger partial charge is 0.466 e. The Balaban J connectivity index is 2.06. The third-order valence-electron chi connectivity index (χ3n) is 2.56. The zero-order valence-electron chi connectivity index (χ0n) is 9.62. The molecular formula is C11H21NO2S. The van der Waals surface area contributed by atoms with Gasteiger partial charge in [0, 0.05) is 6.04 Å². The van der Waals surface area contributed by atoms with E-state index in [4.69, 9.17) is 4.74 Å². The van der Waals surface area contributed by atoms with Gasteiger partial charge in [0.15, 0.2) is 0 Å². The van der Waals surface area contributed by atoms with Crippen LogP contribution in [-0.4, -0.2) is 36.7 Å². The van der Waals surface area contributed by atoms with Crippen LogP contribution in [0.2, 0.25) is 0 Å². The average Bonchev–Trinajstić information content (AvgIpc) is 2.67. The molecule has 0 aromatic rings. The summed E-state index contributed by atoms with van der Waals surface area (Å²) in [5, 5.41) is 3.40. The molecule has 2 atom stereocenters. The maximum atomic E-state index is 11.2. The number of thioether (sulfide) groups is 1. The molecule has 2 unspecified atom stereocenters. The van der Waals surface area contributed by atoms with Crippen LogP contribution in [0.15, 0.2) is 0 Å². The van der Waals surface area contributed by atoms with Crippen molar-refractivity contribution in [2.45, 2.75) is 32.7 Å². The van der Waals surface area contributed by atoms with E-state index in [-0.39, 0.29) is 12.0 Å². The second-order valence-electron chi connectivity index (χ2n) is 4.05. The van der Waals surface area contributed by atoms with Crippen molar-refractivity contribution >= 4 is 17.7 Å². The van der Waals surface area contributed by atoms with Crippen molar-refractivity contribution in [3.63, 3.8) is 0 Å². The lowest BCUT2D eigenvalue weighted by molar-refractivity contribution is -0.143. The molecule has 4 heteroatoms.